The summed E-state index contributed by atoms with van der Waals surface area (Å²) in [7, 11) is 0. The number of anilines is 2. The van der Waals surface area contributed by atoms with Crippen LogP contribution in [0.2, 0.25) is 0 Å². The fourth-order valence-corrected chi connectivity index (χ4v) is 4.64. The summed E-state index contributed by atoms with van der Waals surface area (Å²) in [6, 6.07) is 26.8. The number of para-hydroxylation sites is 1. The van der Waals surface area contributed by atoms with Gasteiger partial charge < -0.3 is 9.80 Å². The van der Waals surface area contributed by atoms with Crippen molar-refractivity contribution >= 4 is 22.5 Å². The van der Waals surface area contributed by atoms with Crippen LogP contribution >= 0.6 is 0 Å². The quantitative estimate of drug-likeness (QED) is 0.485. The second kappa shape index (κ2) is 8.50. The Morgan fingerprint density at radius 1 is 0.938 bits per heavy atom. The zero-order valence-electron chi connectivity index (χ0n) is 18.6. The molecule has 162 valence electrons. The Bertz CT molecular complexity index is 1300. The van der Waals surface area contributed by atoms with Crippen LogP contribution in [0.25, 0.3) is 10.9 Å². The van der Waals surface area contributed by atoms with Crippen molar-refractivity contribution in [1.82, 2.24) is 9.55 Å². The van der Waals surface area contributed by atoms with Crippen molar-refractivity contribution in [3.63, 3.8) is 0 Å². The van der Waals surface area contributed by atoms with Gasteiger partial charge in [-0.05, 0) is 49.2 Å². The third kappa shape index (κ3) is 3.86. The van der Waals surface area contributed by atoms with Gasteiger partial charge in [0.1, 0.15) is 0 Å². The molecular formula is C27H28N4O. The van der Waals surface area contributed by atoms with Gasteiger partial charge in [0.05, 0.1) is 17.4 Å². The first kappa shape index (κ1) is 20.3. The smallest absolute Gasteiger partial charge is 0.263 e. The maximum Gasteiger partial charge on any atom is 0.263 e. The number of fused-ring (bicyclic) bond motifs is 1. The van der Waals surface area contributed by atoms with Crippen LogP contribution in [0.4, 0.5) is 11.6 Å². The van der Waals surface area contributed by atoms with Crippen LogP contribution in [0.5, 0.6) is 0 Å². The second-order valence-corrected chi connectivity index (χ2v) is 8.63. The number of piperazine rings is 1. The predicted octanol–water partition coefficient (Wildman–Crippen LogP) is 4.47. The number of nitrogens with zero attached hydrogens (tertiary/aromatic N) is 4. The third-order valence-electron chi connectivity index (χ3n) is 6.27. The van der Waals surface area contributed by atoms with Gasteiger partial charge in [-0.25, -0.2) is 4.98 Å². The lowest BCUT2D eigenvalue weighted by Crippen LogP contribution is -2.53. The number of hydrogen-bond donors (Lipinski definition) is 0. The largest absolute Gasteiger partial charge is 0.365 e. The highest BCUT2D eigenvalue weighted by molar-refractivity contribution is 5.78. The maximum atomic E-state index is 13.5. The van der Waals surface area contributed by atoms with Crippen molar-refractivity contribution in [3.05, 3.63) is 100 Å². The fourth-order valence-electron chi connectivity index (χ4n) is 4.64. The molecular weight excluding hydrogens is 396 g/mol. The van der Waals surface area contributed by atoms with Crippen LogP contribution in [0.3, 0.4) is 0 Å². The number of rotatable bonds is 4. The summed E-state index contributed by atoms with van der Waals surface area (Å²) in [6.07, 6.45) is 0. The average Bonchev–Trinajstić information content (AvgIpc) is 2.81. The van der Waals surface area contributed by atoms with Crippen molar-refractivity contribution in [3.8, 4) is 0 Å². The van der Waals surface area contributed by atoms with E-state index >= 15 is 0 Å². The number of aryl methyl sites for hydroxylation is 1. The standard InChI is InChI=1S/C27H28N4O/c1-20-9-8-12-23(17-20)30-16-15-29(18-21(30)2)27-28-25-14-7-6-13-24(25)26(32)31(27)19-22-10-4-3-5-11-22/h3-14,17,21H,15-16,18-19H2,1-2H3/t21-/m1/s1. The van der Waals surface area contributed by atoms with Gasteiger partial charge in [0.2, 0.25) is 5.95 Å². The zero-order valence-corrected chi connectivity index (χ0v) is 18.6. The summed E-state index contributed by atoms with van der Waals surface area (Å²) in [5.74, 6) is 0.758. The van der Waals surface area contributed by atoms with E-state index in [0.29, 0.717) is 18.0 Å². The minimum atomic E-state index is 0.0169. The molecule has 1 aliphatic heterocycles. The minimum Gasteiger partial charge on any atom is -0.365 e. The lowest BCUT2D eigenvalue weighted by molar-refractivity contribution is 0.532. The van der Waals surface area contributed by atoms with Gasteiger partial charge in [0, 0.05) is 31.4 Å². The summed E-state index contributed by atoms with van der Waals surface area (Å²) in [5.41, 5.74) is 4.39. The monoisotopic (exact) mass is 424 g/mol. The summed E-state index contributed by atoms with van der Waals surface area (Å²) in [4.78, 5) is 23.2. The molecule has 0 spiro atoms. The van der Waals surface area contributed by atoms with Crippen molar-refractivity contribution in [2.45, 2.75) is 26.4 Å². The van der Waals surface area contributed by atoms with Crippen molar-refractivity contribution in [2.24, 2.45) is 0 Å². The van der Waals surface area contributed by atoms with Crippen molar-refractivity contribution in [2.75, 3.05) is 29.4 Å². The molecule has 3 aromatic carbocycles. The molecule has 1 aromatic heterocycles. The Hall–Kier alpha value is -3.60. The molecule has 1 aliphatic rings. The molecule has 0 saturated carbocycles. The molecule has 5 heteroatoms. The molecule has 1 fully saturated rings. The van der Waals surface area contributed by atoms with Gasteiger partial charge in [-0.2, -0.15) is 0 Å². The van der Waals surface area contributed by atoms with Crippen molar-refractivity contribution < 1.29 is 0 Å². The van der Waals surface area contributed by atoms with Gasteiger partial charge in [-0.15, -0.1) is 0 Å². The Balaban J connectivity index is 1.52. The van der Waals surface area contributed by atoms with E-state index in [1.165, 1.54) is 11.3 Å². The van der Waals surface area contributed by atoms with Gasteiger partial charge in [0.15, 0.2) is 0 Å². The van der Waals surface area contributed by atoms with Crippen LogP contribution in [-0.2, 0) is 6.54 Å². The predicted molar refractivity (Wildman–Crippen MR) is 132 cm³/mol. The SMILES string of the molecule is Cc1cccc(N2CCN(c3nc4ccccc4c(=O)n3Cc3ccccc3)C[C@H]2C)c1. The Kier molecular flexibility index (Phi) is 5.39. The molecule has 0 amide bonds. The summed E-state index contributed by atoms with van der Waals surface area (Å²) in [6.45, 7) is 7.41. The molecule has 0 radical (unpaired) electrons. The number of aromatic nitrogens is 2. The minimum absolute atomic E-state index is 0.0169. The van der Waals surface area contributed by atoms with E-state index in [-0.39, 0.29) is 5.56 Å². The molecule has 32 heavy (non-hydrogen) atoms. The third-order valence-corrected chi connectivity index (χ3v) is 6.27. The van der Waals surface area contributed by atoms with E-state index in [9.17, 15) is 4.79 Å². The lowest BCUT2D eigenvalue weighted by atomic mass is 10.1. The first-order valence-electron chi connectivity index (χ1n) is 11.2. The van der Waals surface area contributed by atoms with E-state index in [1.54, 1.807) is 0 Å². The van der Waals surface area contributed by atoms with E-state index in [1.807, 2.05) is 47.0 Å². The van der Waals surface area contributed by atoms with E-state index < -0.39 is 0 Å². The molecule has 4 aromatic rings. The first-order chi connectivity index (χ1) is 15.6. The Morgan fingerprint density at radius 2 is 1.72 bits per heavy atom. The molecule has 0 bridgehead atoms. The van der Waals surface area contributed by atoms with Crippen LogP contribution in [0.1, 0.15) is 18.1 Å². The summed E-state index contributed by atoms with van der Waals surface area (Å²) in [5, 5.41) is 0.665. The summed E-state index contributed by atoms with van der Waals surface area (Å²) < 4.78 is 1.84. The Labute approximate surface area is 188 Å². The van der Waals surface area contributed by atoms with E-state index in [2.05, 4.69) is 60.0 Å². The van der Waals surface area contributed by atoms with Crippen molar-refractivity contribution in [1.29, 1.82) is 0 Å². The molecule has 0 unspecified atom stereocenters. The van der Waals surface area contributed by atoms with Crippen LogP contribution in [0, 0.1) is 6.92 Å². The maximum absolute atomic E-state index is 13.5. The highest BCUT2D eigenvalue weighted by Gasteiger charge is 2.27. The molecule has 5 nitrogen and oxygen atoms in total. The number of benzene rings is 3. The molecule has 2 heterocycles. The normalized spacial score (nSPS) is 16.5. The Morgan fingerprint density at radius 3 is 2.50 bits per heavy atom. The topological polar surface area (TPSA) is 41.4 Å². The molecule has 0 N–H and O–H groups in total. The molecule has 1 atom stereocenters. The van der Waals surface area contributed by atoms with Gasteiger partial charge in [-0.1, -0.05) is 54.6 Å². The van der Waals surface area contributed by atoms with Crippen LogP contribution in [-0.4, -0.2) is 35.2 Å². The summed E-state index contributed by atoms with van der Waals surface area (Å²) >= 11 is 0. The van der Waals surface area contributed by atoms with Gasteiger partial charge in [-0.3, -0.25) is 9.36 Å². The highest BCUT2D eigenvalue weighted by Crippen LogP contribution is 2.25. The lowest BCUT2D eigenvalue weighted by Gasteiger charge is -2.42. The molecule has 5 rings (SSSR count). The molecule has 1 saturated heterocycles. The fraction of sp³-hybridized carbons (Fsp3) is 0.259. The first-order valence-corrected chi connectivity index (χ1v) is 11.2. The zero-order chi connectivity index (χ0) is 22.1. The highest BCUT2D eigenvalue weighted by atomic mass is 16.1. The second-order valence-electron chi connectivity index (χ2n) is 8.63. The average molecular weight is 425 g/mol. The molecule has 0 aliphatic carbocycles. The van der Waals surface area contributed by atoms with E-state index in [0.717, 1.165) is 36.7 Å². The van der Waals surface area contributed by atoms with Crippen LogP contribution in [0.15, 0.2) is 83.7 Å². The van der Waals surface area contributed by atoms with E-state index in [4.69, 9.17) is 4.98 Å². The van der Waals surface area contributed by atoms with Crippen LogP contribution < -0.4 is 15.4 Å². The number of hydrogen-bond acceptors (Lipinski definition) is 4. The van der Waals surface area contributed by atoms with Gasteiger partial charge >= 0.3 is 0 Å². The van der Waals surface area contributed by atoms with Gasteiger partial charge in [0.25, 0.3) is 5.56 Å².